The third-order valence-corrected chi connectivity index (χ3v) is 5.95. The van der Waals surface area contributed by atoms with Crippen molar-refractivity contribution >= 4 is 23.3 Å². The zero-order valence-electron chi connectivity index (χ0n) is 17.0. The maximum Gasteiger partial charge on any atom is 0.346 e. The SMILES string of the molecule is CC1(C)C[C@H](O)C[C@H](c2ccc(Cl)c(Cc3ccc4c(c3)NCC(C(=O)O)O4)c2)O1. The molecule has 0 aromatic heterocycles. The van der Waals surface area contributed by atoms with Gasteiger partial charge in [0.05, 0.1) is 30.0 Å². The number of aliphatic carboxylic acids is 1. The number of aliphatic hydroxyl groups excluding tert-OH is 1. The number of aliphatic hydroxyl groups is 1. The van der Waals surface area contributed by atoms with Crippen LogP contribution in [-0.2, 0) is 16.0 Å². The Morgan fingerprint density at radius 3 is 2.80 bits per heavy atom. The first-order chi connectivity index (χ1) is 14.2. The minimum absolute atomic E-state index is 0.175. The Morgan fingerprint density at radius 1 is 1.27 bits per heavy atom. The molecule has 2 aromatic rings. The average molecular weight is 432 g/mol. The van der Waals surface area contributed by atoms with Crippen LogP contribution in [0.2, 0.25) is 5.02 Å². The van der Waals surface area contributed by atoms with E-state index in [0.29, 0.717) is 30.0 Å². The number of ether oxygens (including phenoxy) is 2. The second-order valence-corrected chi connectivity index (χ2v) is 9.05. The molecule has 3 N–H and O–H groups in total. The monoisotopic (exact) mass is 431 g/mol. The van der Waals surface area contributed by atoms with Crippen LogP contribution in [0.5, 0.6) is 5.75 Å². The maximum atomic E-state index is 11.1. The third-order valence-electron chi connectivity index (χ3n) is 5.58. The van der Waals surface area contributed by atoms with E-state index in [4.69, 9.17) is 26.2 Å². The molecule has 4 rings (SSSR count). The lowest BCUT2D eigenvalue weighted by Crippen LogP contribution is -2.38. The lowest BCUT2D eigenvalue weighted by atomic mass is 9.89. The van der Waals surface area contributed by atoms with Crippen LogP contribution in [0.25, 0.3) is 0 Å². The molecule has 1 fully saturated rings. The summed E-state index contributed by atoms with van der Waals surface area (Å²) in [4.78, 5) is 11.1. The second kappa shape index (κ2) is 8.10. The molecular weight excluding hydrogens is 406 g/mol. The lowest BCUT2D eigenvalue weighted by molar-refractivity contribution is -0.146. The Balaban J connectivity index is 1.54. The van der Waals surface area contributed by atoms with E-state index in [0.717, 1.165) is 22.4 Å². The Morgan fingerprint density at radius 2 is 2.07 bits per heavy atom. The highest BCUT2D eigenvalue weighted by Gasteiger charge is 2.34. The van der Waals surface area contributed by atoms with Crippen molar-refractivity contribution in [3.8, 4) is 5.75 Å². The second-order valence-electron chi connectivity index (χ2n) is 8.64. The zero-order valence-corrected chi connectivity index (χ0v) is 17.8. The molecule has 6 nitrogen and oxygen atoms in total. The molecule has 3 atom stereocenters. The van der Waals surface area contributed by atoms with E-state index in [1.54, 1.807) is 6.07 Å². The van der Waals surface area contributed by atoms with Crippen LogP contribution in [0, 0.1) is 0 Å². The fraction of sp³-hybridized carbons (Fsp3) is 0.435. The quantitative estimate of drug-likeness (QED) is 0.673. The fourth-order valence-corrected chi connectivity index (χ4v) is 4.38. The predicted octanol–water partition coefficient (Wildman–Crippen LogP) is 4.18. The summed E-state index contributed by atoms with van der Waals surface area (Å²) < 4.78 is 11.7. The molecule has 0 aliphatic carbocycles. The molecule has 2 aliphatic rings. The first kappa shape index (κ1) is 21.0. The van der Waals surface area contributed by atoms with Crippen molar-refractivity contribution in [3.05, 3.63) is 58.1 Å². The molecule has 1 unspecified atom stereocenters. The van der Waals surface area contributed by atoms with Gasteiger partial charge >= 0.3 is 5.97 Å². The molecule has 1 saturated heterocycles. The van der Waals surface area contributed by atoms with Crippen LogP contribution in [0.15, 0.2) is 36.4 Å². The van der Waals surface area contributed by atoms with E-state index in [1.807, 2.05) is 44.2 Å². The number of hydrogen-bond donors (Lipinski definition) is 3. The number of carboxylic acids is 1. The molecule has 2 aromatic carbocycles. The molecule has 0 radical (unpaired) electrons. The summed E-state index contributed by atoms with van der Waals surface area (Å²) >= 11 is 6.47. The van der Waals surface area contributed by atoms with Gasteiger partial charge in [0.1, 0.15) is 5.75 Å². The van der Waals surface area contributed by atoms with Crippen LogP contribution in [0.4, 0.5) is 5.69 Å². The van der Waals surface area contributed by atoms with Gasteiger partial charge in [0.2, 0.25) is 6.10 Å². The number of halogens is 1. The highest BCUT2D eigenvalue weighted by Crippen LogP contribution is 2.38. The summed E-state index contributed by atoms with van der Waals surface area (Å²) in [5.74, 6) is -0.455. The lowest BCUT2D eigenvalue weighted by Gasteiger charge is -2.39. The van der Waals surface area contributed by atoms with Crippen LogP contribution in [-0.4, -0.2) is 40.5 Å². The largest absolute Gasteiger partial charge is 0.478 e. The van der Waals surface area contributed by atoms with Crippen molar-refractivity contribution in [3.63, 3.8) is 0 Å². The number of fused-ring (bicyclic) bond motifs is 1. The molecule has 0 bridgehead atoms. The normalized spacial score (nSPS) is 25.0. The number of rotatable bonds is 4. The summed E-state index contributed by atoms with van der Waals surface area (Å²) in [6, 6.07) is 11.5. The van der Waals surface area contributed by atoms with Crippen molar-refractivity contribution < 1.29 is 24.5 Å². The molecule has 160 valence electrons. The van der Waals surface area contributed by atoms with E-state index in [1.165, 1.54) is 0 Å². The summed E-state index contributed by atoms with van der Waals surface area (Å²) in [7, 11) is 0. The molecule has 0 spiro atoms. The number of nitrogens with one attached hydrogen (secondary N) is 1. The minimum Gasteiger partial charge on any atom is -0.478 e. The van der Waals surface area contributed by atoms with Gasteiger partial charge in [-0.05, 0) is 55.2 Å². The zero-order chi connectivity index (χ0) is 21.5. The number of carboxylic acid groups (broad SMARTS) is 1. The Labute approximate surface area is 180 Å². The Bertz CT molecular complexity index is 961. The molecule has 0 saturated carbocycles. The standard InChI is InChI=1S/C23H26ClNO5/c1-23(2)11-16(26)10-20(30-23)14-4-5-17(24)15(9-14)7-13-3-6-19-18(8-13)25-12-21(29-19)22(27)28/h3-6,8-9,16,20-21,25-26H,7,10-12H2,1-2H3,(H,27,28)/t16-,20-,21?/m1/s1. The number of hydrogen-bond acceptors (Lipinski definition) is 5. The van der Waals surface area contributed by atoms with E-state index in [2.05, 4.69) is 5.32 Å². The van der Waals surface area contributed by atoms with Gasteiger partial charge in [0.15, 0.2) is 0 Å². The van der Waals surface area contributed by atoms with Gasteiger partial charge in [0, 0.05) is 17.9 Å². The summed E-state index contributed by atoms with van der Waals surface area (Å²) in [5.41, 5.74) is 3.40. The van der Waals surface area contributed by atoms with E-state index in [-0.39, 0.29) is 24.4 Å². The van der Waals surface area contributed by atoms with Gasteiger partial charge < -0.3 is 25.0 Å². The predicted molar refractivity (Wildman–Crippen MR) is 114 cm³/mol. The number of benzene rings is 2. The maximum absolute atomic E-state index is 11.1. The molecule has 30 heavy (non-hydrogen) atoms. The third kappa shape index (κ3) is 4.56. The summed E-state index contributed by atoms with van der Waals surface area (Å²) in [6.45, 7) is 4.21. The fourth-order valence-electron chi connectivity index (χ4n) is 4.20. The van der Waals surface area contributed by atoms with E-state index < -0.39 is 12.1 Å². The first-order valence-corrected chi connectivity index (χ1v) is 10.5. The summed E-state index contributed by atoms with van der Waals surface area (Å²) in [5, 5.41) is 23.2. The number of anilines is 1. The molecule has 2 aliphatic heterocycles. The van der Waals surface area contributed by atoms with Crippen LogP contribution >= 0.6 is 11.6 Å². The molecule has 7 heteroatoms. The van der Waals surface area contributed by atoms with Gasteiger partial charge in [-0.15, -0.1) is 0 Å². The van der Waals surface area contributed by atoms with Crippen molar-refractivity contribution in [1.29, 1.82) is 0 Å². The molecular formula is C23H26ClNO5. The Hall–Kier alpha value is -2.28. The molecule has 2 heterocycles. The highest BCUT2D eigenvalue weighted by atomic mass is 35.5. The smallest absolute Gasteiger partial charge is 0.346 e. The van der Waals surface area contributed by atoms with Gasteiger partial charge in [-0.25, -0.2) is 4.79 Å². The number of carbonyl (C=O) groups is 1. The van der Waals surface area contributed by atoms with Crippen molar-refractivity contribution in [2.45, 2.75) is 57.0 Å². The van der Waals surface area contributed by atoms with Gasteiger partial charge in [-0.3, -0.25) is 0 Å². The van der Waals surface area contributed by atoms with E-state index >= 15 is 0 Å². The van der Waals surface area contributed by atoms with E-state index in [9.17, 15) is 9.90 Å². The average Bonchev–Trinajstić information content (AvgIpc) is 2.67. The summed E-state index contributed by atoms with van der Waals surface area (Å²) in [6.07, 6.45) is 0.352. The highest BCUT2D eigenvalue weighted by molar-refractivity contribution is 6.31. The van der Waals surface area contributed by atoms with Crippen LogP contribution in [0.1, 0.15) is 49.5 Å². The van der Waals surface area contributed by atoms with Crippen molar-refractivity contribution in [2.24, 2.45) is 0 Å². The molecule has 0 amide bonds. The van der Waals surface area contributed by atoms with Crippen molar-refractivity contribution in [1.82, 2.24) is 0 Å². The van der Waals surface area contributed by atoms with Gasteiger partial charge in [0.25, 0.3) is 0 Å². The van der Waals surface area contributed by atoms with Gasteiger partial charge in [-0.2, -0.15) is 0 Å². The van der Waals surface area contributed by atoms with Crippen LogP contribution in [0.3, 0.4) is 0 Å². The topological polar surface area (TPSA) is 88.0 Å². The van der Waals surface area contributed by atoms with Crippen LogP contribution < -0.4 is 10.1 Å². The first-order valence-electron chi connectivity index (χ1n) is 10.1. The Kier molecular flexibility index (Phi) is 5.66. The van der Waals surface area contributed by atoms with Crippen molar-refractivity contribution in [2.75, 3.05) is 11.9 Å². The van der Waals surface area contributed by atoms with Gasteiger partial charge in [-0.1, -0.05) is 29.8 Å². The minimum atomic E-state index is -0.987.